The van der Waals surface area contributed by atoms with Crippen LogP contribution in [-0.2, 0) is 0 Å². The highest BCUT2D eigenvalue weighted by Gasteiger charge is 2.31. The van der Waals surface area contributed by atoms with Crippen molar-refractivity contribution >= 4 is 17.5 Å². The van der Waals surface area contributed by atoms with Crippen molar-refractivity contribution in [3.8, 4) is 22.8 Å². The summed E-state index contributed by atoms with van der Waals surface area (Å²) in [5.74, 6) is 1.42. The molecule has 2 aromatic carbocycles. The van der Waals surface area contributed by atoms with Gasteiger partial charge in [-0.15, -0.1) is 13.2 Å². The Hall–Kier alpha value is -3.49. The molecule has 0 bridgehead atoms. The molecule has 2 N–H and O–H groups in total. The maximum Gasteiger partial charge on any atom is 0.573 e. The van der Waals surface area contributed by atoms with E-state index in [1.54, 1.807) is 12.1 Å². The van der Waals surface area contributed by atoms with Gasteiger partial charge in [-0.2, -0.15) is 4.98 Å². The van der Waals surface area contributed by atoms with Gasteiger partial charge in [0, 0.05) is 23.4 Å². The topological polar surface area (TPSA) is 68.3 Å². The first-order valence-electron chi connectivity index (χ1n) is 11.4. The van der Waals surface area contributed by atoms with Crippen molar-refractivity contribution in [2.45, 2.75) is 51.4 Å². The molecule has 1 aliphatic carbocycles. The smallest absolute Gasteiger partial charge is 0.494 e. The summed E-state index contributed by atoms with van der Waals surface area (Å²) in [6.07, 6.45) is 0.805. The minimum Gasteiger partial charge on any atom is -0.494 e. The summed E-state index contributed by atoms with van der Waals surface area (Å²) in [5, 5.41) is 6.66. The zero-order valence-corrected chi connectivity index (χ0v) is 18.9. The van der Waals surface area contributed by atoms with Gasteiger partial charge in [0.25, 0.3) is 0 Å². The summed E-state index contributed by atoms with van der Waals surface area (Å²) in [6, 6.07) is 15.2. The highest BCUT2D eigenvalue weighted by molar-refractivity contribution is 5.68. The molecule has 0 spiro atoms. The highest BCUT2D eigenvalue weighted by Crippen LogP contribution is 2.30. The van der Waals surface area contributed by atoms with Gasteiger partial charge < -0.3 is 20.1 Å². The first-order valence-corrected chi connectivity index (χ1v) is 11.4. The van der Waals surface area contributed by atoms with Crippen molar-refractivity contribution in [3.05, 3.63) is 54.6 Å². The van der Waals surface area contributed by atoms with Gasteiger partial charge in [0.1, 0.15) is 17.3 Å². The van der Waals surface area contributed by atoms with Crippen LogP contribution in [0.4, 0.5) is 30.6 Å². The van der Waals surface area contributed by atoms with E-state index in [2.05, 4.69) is 25.3 Å². The molecule has 3 aromatic rings. The normalized spacial score (nSPS) is 14.5. The lowest BCUT2D eigenvalue weighted by atomic mass is 9.96. The molecule has 1 aliphatic rings. The number of anilines is 3. The fourth-order valence-corrected chi connectivity index (χ4v) is 3.95. The van der Waals surface area contributed by atoms with Gasteiger partial charge >= 0.3 is 6.36 Å². The van der Waals surface area contributed by atoms with E-state index in [0.29, 0.717) is 29.6 Å². The monoisotopic (exact) mass is 472 g/mol. The lowest BCUT2D eigenvalue weighted by molar-refractivity contribution is -0.274. The van der Waals surface area contributed by atoms with Crippen LogP contribution < -0.4 is 20.1 Å². The average Bonchev–Trinajstić information content (AvgIpc) is 2.80. The first-order chi connectivity index (χ1) is 16.4. The molecule has 1 heterocycles. The summed E-state index contributed by atoms with van der Waals surface area (Å²) in [5.41, 5.74) is 1.77. The van der Waals surface area contributed by atoms with Crippen molar-refractivity contribution < 1.29 is 22.6 Å². The number of aromatic nitrogens is 2. The number of nitrogens with one attached hydrogen (secondary N) is 2. The third-order valence-corrected chi connectivity index (χ3v) is 5.47. The number of hydrogen-bond acceptors (Lipinski definition) is 6. The number of rotatable bonds is 8. The minimum absolute atomic E-state index is 0.266. The standard InChI is InChI=1S/C25H27F3N4O2/c1-2-33-20-13-11-19(12-14-20)29-23-16-22(17-7-6-10-21(15-17)34-25(26,27)28)31-24(32-23)30-18-8-4-3-5-9-18/h6-7,10-16,18H,2-5,8-9H2,1H3,(H2,29,30,31,32). The maximum absolute atomic E-state index is 12.7. The molecule has 0 amide bonds. The maximum atomic E-state index is 12.7. The van der Waals surface area contributed by atoms with Crippen LogP contribution in [0.15, 0.2) is 54.6 Å². The lowest BCUT2D eigenvalue weighted by Gasteiger charge is -2.23. The van der Waals surface area contributed by atoms with Gasteiger partial charge in [-0.1, -0.05) is 31.4 Å². The predicted molar refractivity (Wildman–Crippen MR) is 126 cm³/mol. The zero-order chi connectivity index (χ0) is 24.0. The van der Waals surface area contributed by atoms with E-state index in [1.165, 1.54) is 24.6 Å². The molecule has 6 nitrogen and oxygen atoms in total. The van der Waals surface area contributed by atoms with Gasteiger partial charge in [-0.25, -0.2) is 4.98 Å². The molecule has 1 aromatic heterocycles. The van der Waals surface area contributed by atoms with Gasteiger partial charge in [-0.3, -0.25) is 0 Å². The number of alkyl halides is 3. The van der Waals surface area contributed by atoms with E-state index in [0.717, 1.165) is 37.1 Å². The Morgan fingerprint density at radius 1 is 0.941 bits per heavy atom. The van der Waals surface area contributed by atoms with Crippen molar-refractivity contribution in [1.29, 1.82) is 0 Å². The quantitative estimate of drug-likeness (QED) is 0.371. The number of halogens is 3. The van der Waals surface area contributed by atoms with Crippen LogP contribution >= 0.6 is 0 Å². The fourth-order valence-electron chi connectivity index (χ4n) is 3.95. The summed E-state index contributed by atoms with van der Waals surface area (Å²) >= 11 is 0. The average molecular weight is 473 g/mol. The van der Waals surface area contributed by atoms with Crippen LogP contribution in [0.1, 0.15) is 39.0 Å². The van der Waals surface area contributed by atoms with Crippen molar-refractivity contribution in [3.63, 3.8) is 0 Å². The van der Waals surface area contributed by atoms with E-state index < -0.39 is 6.36 Å². The molecule has 9 heteroatoms. The molecule has 1 fully saturated rings. The number of hydrogen-bond donors (Lipinski definition) is 2. The van der Waals surface area contributed by atoms with Crippen LogP contribution in [0.3, 0.4) is 0 Å². The summed E-state index contributed by atoms with van der Waals surface area (Å²) in [7, 11) is 0. The van der Waals surface area contributed by atoms with E-state index in [-0.39, 0.29) is 11.8 Å². The van der Waals surface area contributed by atoms with E-state index in [4.69, 9.17) is 4.74 Å². The van der Waals surface area contributed by atoms with Crippen LogP contribution in [0, 0.1) is 0 Å². The van der Waals surface area contributed by atoms with Crippen LogP contribution in [0.2, 0.25) is 0 Å². The van der Waals surface area contributed by atoms with E-state index in [1.807, 2.05) is 31.2 Å². The zero-order valence-electron chi connectivity index (χ0n) is 18.9. The second-order valence-corrected chi connectivity index (χ2v) is 8.10. The van der Waals surface area contributed by atoms with Crippen LogP contribution in [0.25, 0.3) is 11.3 Å². The summed E-state index contributed by atoms with van der Waals surface area (Å²) < 4.78 is 47.7. The molecular formula is C25H27F3N4O2. The fraction of sp³-hybridized carbons (Fsp3) is 0.360. The van der Waals surface area contributed by atoms with E-state index >= 15 is 0 Å². The third-order valence-electron chi connectivity index (χ3n) is 5.47. The van der Waals surface area contributed by atoms with E-state index in [9.17, 15) is 13.2 Å². The molecule has 0 atom stereocenters. The number of ether oxygens (including phenoxy) is 2. The molecule has 0 saturated heterocycles. The largest absolute Gasteiger partial charge is 0.573 e. The summed E-state index contributed by atoms with van der Waals surface area (Å²) in [6.45, 7) is 2.50. The molecule has 4 rings (SSSR count). The van der Waals surface area contributed by atoms with Gasteiger partial charge in [0.05, 0.1) is 12.3 Å². The van der Waals surface area contributed by atoms with Gasteiger partial charge in [0.2, 0.25) is 5.95 Å². The Morgan fingerprint density at radius 2 is 1.71 bits per heavy atom. The van der Waals surface area contributed by atoms with Crippen molar-refractivity contribution in [1.82, 2.24) is 9.97 Å². The van der Waals surface area contributed by atoms with Gasteiger partial charge in [-0.05, 0) is 56.2 Å². The highest BCUT2D eigenvalue weighted by atomic mass is 19.4. The minimum atomic E-state index is -4.77. The van der Waals surface area contributed by atoms with Crippen LogP contribution in [0.5, 0.6) is 11.5 Å². The second-order valence-electron chi connectivity index (χ2n) is 8.10. The Balaban J connectivity index is 1.63. The molecular weight excluding hydrogens is 445 g/mol. The first kappa shape index (κ1) is 23.7. The molecule has 34 heavy (non-hydrogen) atoms. The lowest BCUT2D eigenvalue weighted by Crippen LogP contribution is -2.23. The Labute approximate surface area is 196 Å². The number of benzene rings is 2. The summed E-state index contributed by atoms with van der Waals surface area (Å²) in [4.78, 5) is 9.21. The SMILES string of the molecule is CCOc1ccc(Nc2cc(-c3cccc(OC(F)(F)F)c3)nc(NC3CCCCC3)n2)cc1. The molecule has 0 radical (unpaired) electrons. The Bertz CT molecular complexity index is 1080. The Morgan fingerprint density at radius 3 is 2.41 bits per heavy atom. The van der Waals surface area contributed by atoms with Gasteiger partial charge in [0.15, 0.2) is 0 Å². The molecule has 0 aliphatic heterocycles. The van der Waals surface area contributed by atoms with Crippen molar-refractivity contribution in [2.24, 2.45) is 0 Å². The van der Waals surface area contributed by atoms with Crippen LogP contribution in [-0.4, -0.2) is 29.0 Å². The Kier molecular flexibility index (Phi) is 7.40. The molecule has 180 valence electrons. The van der Waals surface area contributed by atoms with Crippen molar-refractivity contribution in [2.75, 3.05) is 17.2 Å². The molecule has 1 saturated carbocycles. The molecule has 0 unspecified atom stereocenters. The third kappa shape index (κ3) is 6.76. The predicted octanol–water partition coefficient (Wildman–Crippen LogP) is 6.93. The number of nitrogens with zero attached hydrogens (tertiary/aromatic N) is 2. The second kappa shape index (κ2) is 10.6.